The number of amides is 1. The van der Waals surface area contributed by atoms with Gasteiger partial charge in [-0.1, -0.05) is 43.2 Å². The number of rotatable bonds is 9. The highest BCUT2D eigenvalue weighted by Crippen LogP contribution is 2.10. The second-order valence-electron chi connectivity index (χ2n) is 5.53. The molecule has 0 aliphatic heterocycles. The second kappa shape index (κ2) is 9.54. The van der Waals surface area contributed by atoms with Gasteiger partial charge in [0.05, 0.1) is 0 Å². The Balaban J connectivity index is 2.29. The van der Waals surface area contributed by atoms with Crippen molar-refractivity contribution < 1.29 is 4.79 Å². The summed E-state index contributed by atoms with van der Waals surface area (Å²) in [5.74, 6) is 0.664. The molecule has 1 atom stereocenters. The molecule has 0 bridgehead atoms. The van der Waals surface area contributed by atoms with Gasteiger partial charge >= 0.3 is 0 Å². The van der Waals surface area contributed by atoms with Crippen LogP contribution in [0.5, 0.6) is 0 Å². The van der Waals surface area contributed by atoms with Crippen LogP contribution in [0.25, 0.3) is 0 Å². The topological polar surface area (TPSA) is 55.1 Å². The van der Waals surface area contributed by atoms with E-state index >= 15 is 0 Å². The van der Waals surface area contributed by atoms with Crippen molar-refractivity contribution in [3.05, 3.63) is 35.4 Å². The SMILES string of the molecule is CCCC(CCN)CNC(=O)CCc1cccc(C)c1. The van der Waals surface area contributed by atoms with E-state index in [1.54, 1.807) is 0 Å². The van der Waals surface area contributed by atoms with Gasteiger partial charge in [0.2, 0.25) is 5.91 Å². The van der Waals surface area contributed by atoms with E-state index in [-0.39, 0.29) is 5.91 Å². The summed E-state index contributed by atoms with van der Waals surface area (Å²) in [5.41, 5.74) is 8.08. The van der Waals surface area contributed by atoms with Gasteiger partial charge in [-0.2, -0.15) is 0 Å². The Morgan fingerprint density at radius 3 is 2.80 bits per heavy atom. The van der Waals surface area contributed by atoms with Crippen molar-refractivity contribution in [1.29, 1.82) is 0 Å². The Bertz CT molecular complexity index is 398. The Morgan fingerprint density at radius 1 is 1.35 bits per heavy atom. The largest absolute Gasteiger partial charge is 0.356 e. The van der Waals surface area contributed by atoms with Crippen molar-refractivity contribution in [1.82, 2.24) is 5.32 Å². The monoisotopic (exact) mass is 276 g/mol. The predicted molar refractivity (Wildman–Crippen MR) is 84.6 cm³/mol. The normalized spacial score (nSPS) is 12.2. The molecule has 0 heterocycles. The van der Waals surface area contributed by atoms with Crippen LogP contribution in [0.1, 0.15) is 43.7 Å². The number of nitrogens with one attached hydrogen (secondary N) is 1. The van der Waals surface area contributed by atoms with Crippen LogP contribution in [0.4, 0.5) is 0 Å². The highest BCUT2D eigenvalue weighted by Gasteiger charge is 2.09. The van der Waals surface area contributed by atoms with Gasteiger partial charge < -0.3 is 11.1 Å². The zero-order valence-electron chi connectivity index (χ0n) is 12.8. The molecule has 0 radical (unpaired) electrons. The molecule has 1 rings (SSSR count). The number of hydrogen-bond acceptors (Lipinski definition) is 2. The lowest BCUT2D eigenvalue weighted by molar-refractivity contribution is -0.121. The fourth-order valence-electron chi connectivity index (χ4n) is 2.46. The first-order chi connectivity index (χ1) is 9.65. The molecule has 3 nitrogen and oxygen atoms in total. The molecule has 0 saturated heterocycles. The maximum absolute atomic E-state index is 11.9. The first kappa shape index (κ1) is 16.7. The molecule has 112 valence electrons. The van der Waals surface area contributed by atoms with E-state index in [4.69, 9.17) is 5.73 Å². The van der Waals surface area contributed by atoms with Crippen molar-refractivity contribution in [2.75, 3.05) is 13.1 Å². The molecule has 1 amide bonds. The molecule has 0 aliphatic carbocycles. The number of carbonyl (C=O) groups is 1. The Kier molecular flexibility index (Phi) is 7.97. The molecule has 0 aromatic heterocycles. The summed E-state index contributed by atoms with van der Waals surface area (Å²) in [7, 11) is 0. The number of nitrogens with two attached hydrogens (primary N) is 1. The average molecular weight is 276 g/mol. The Hall–Kier alpha value is -1.35. The fourth-order valence-corrected chi connectivity index (χ4v) is 2.46. The molecular formula is C17H28N2O. The van der Waals surface area contributed by atoms with Crippen molar-refractivity contribution in [3.8, 4) is 0 Å². The van der Waals surface area contributed by atoms with Crippen molar-refractivity contribution in [3.63, 3.8) is 0 Å². The van der Waals surface area contributed by atoms with E-state index in [0.29, 0.717) is 18.9 Å². The molecule has 0 saturated carbocycles. The maximum Gasteiger partial charge on any atom is 0.220 e. The lowest BCUT2D eigenvalue weighted by Crippen LogP contribution is -2.30. The molecule has 0 spiro atoms. The fraction of sp³-hybridized carbons (Fsp3) is 0.588. The third kappa shape index (κ3) is 6.71. The molecule has 0 aliphatic rings. The molecule has 1 aromatic rings. The third-order valence-electron chi connectivity index (χ3n) is 3.58. The molecule has 1 unspecified atom stereocenters. The van der Waals surface area contributed by atoms with Crippen LogP contribution in [0.15, 0.2) is 24.3 Å². The predicted octanol–water partition coefficient (Wildman–Crippen LogP) is 2.81. The minimum Gasteiger partial charge on any atom is -0.356 e. The number of carbonyl (C=O) groups excluding carboxylic acids is 1. The molecule has 0 fully saturated rings. The summed E-state index contributed by atoms with van der Waals surface area (Å²) in [4.78, 5) is 11.9. The summed E-state index contributed by atoms with van der Waals surface area (Å²) in [6.07, 6.45) is 4.64. The van der Waals surface area contributed by atoms with Gasteiger partial charge in [0, 0.05) is 13.0 Å². The number of hydrogen-bond donors (Lipinski definition) is 2. The van der Waals surface area contributed by atoms with E-state index in [2.05, 4.69) is 37.4 Å². The minimum atomic E-state index is 0.143. The van der Waals surface area contributed by atoms with Crippen LogP contribution < -0.4 is 11.1 Å². The summed E-state index contributed by atoms with van der Waals surface area (Å²) in [5, 5.41) is 3.04. The van der Waals surface area contributed by atoms with Gasteiger partial charge in [0.15, 0.2) is 0 Å². The van der Waals surface area contributed by atoms with Crippen LogP contribution in [-0.2, 0) is 11.2 Å². The number of aryl methyl sites for hydroxylation is 2. The zero-order valence-corrected chi connectivity index (χ0v) is 12.8. The van der Waals surface area contributed by atoms with Crippen LogP contribution in [-0.4, -0.2) is 19.0 Å². The van der Waals surface area contributed by atoms with Crippen molar-refractivity contribution >= 4 is 5.91 Å². The van der Waals surface area contributed by atoms with Gasteiger partial charge in [-0.05, 0) is 44.2 Å². The summed E-state index contributed by atoms with van der Waals surface area (Å²) >= 11 is 0. The lowest BCUT2D eigenvalue weighted by atomic mass is 9.99. The van der Waals surface area contributed by atoms with Crippen LogP contribution in [0, 0.1) is 12.8 Å². The van der Waals surface area contributed by atoms with E-state index in [0.717, 1.165) is 32.2 Å². The highest BCUT2D eigenvalue weighted by molar-refractivity contribution is 5.76. The third-order valence-corrected chi connectivity index (χ3v) is 3.58. The van der Waals surface area contributed by atoms with E-state index in [1.165, 1.54) is 11.1 Å². The second-order valence-corrected chi connectivity index (χ2v) is 5.53. The van der Waals surface area contributed by atoms with Crippen molar-refractivity contribution in [2.45, 2.75) is 46.0 Å². The number of benzene rings is 1. The quantitative estimate of drug-likeness (QED) is 0.728. The summed E-state index contributed by atoms with van der Waals surface area (Å²) in [6, 6.07) is 8.34. The van der Waals surface area contributed by atoms with E-state index in [1.807, 2.05) is 6.07 Å². The van der Waals surface area contributed by atoms with E-state index < -0.39 is 0 Å². The van der Waals surface area contributed by atoms with Gasteiger partial charge in [-0.3, -0.25) is 4.79 Å². The maximum atomic E-state index is 11.9. The van der Waals surface area contributed by atoms with Gasteiger partial charge in [-0.15, -0.1) is 0 Å². The highest BCUT2D eigenvalue weighted by atomic mass is 16.1. The smallest absolute Gasteiger partial charge is 0.220 e. The molecular weight excluding hydrogens is 248 g/mol. The van der Waals surface area contributed by atoms with Crippen LogP contribution in [0.3, 0.4) is 0 Å². The van der Waals surface area contributed by atoms with Crippen LogP contribution >= 0.6 is 0 Å². The molecule has 3 heteroatoms. The molecule has 1 aromatic carbocycles. The minimum absolute atomic E-state index is 0.143. The zero-order chi connectivity index (χ0) is 14.8. The van der Waals surface area contributed by atoms with E-state index in [9.17, 15) is 4.79 Å². The van der Waals surface area contributed by atoms with Gasteiger partial charge in [0.1, 0.15) is 0 Å². The first-order valence-corrected chi connectivity index (χ1v) is 7.68. The summed E-state index contributed by atoms with van der Waals surface area (Å²) < 4.78 is 0. The Labute approximate surface area is 122 Å². The first-order valence-electron chi connectivity index (χ1n) is 7.68. The van der Waals surface area contributed by atoms with Crippen LogP contribution in [0.2, 0.25) is 0 Å². The Morgan fingerprint density at radius 2 is 2.15 bits per heavy atom. The van der Waals surface area contributed by atoms with Gasteiger partial charge in [-0.25, -0.2) is 0 Å². The lowest BCUT2D eigenvalue weighted by Gasteiger charge is -2.15. The summed E-state index contributed by atoms with van der Waals surface area (Å²) in [6.45, 7) is 5.70. The molecule has 3 N–H and O–H groups in total. The standard InChI is InChI=1S/C17H28N2O/c1-3-5-16(10-11-18)13-19-17(20)9-8-15-7-4-6-14(2)12-15/h4,6-7,12,16H,3,5,8-11,13,18H2,1-2H3,(H,19,20). The van der Waals surface area contributed by atoms with Gasteiger partial charge in [0.25, 0.3) is 0 Å². The average Bonchev–Trinajstić information content (AvgIpc) is 2.43. The van der Waals surface area contributed by atoms with Crippen molar-refractivity contribution in [2.24, 2.45) is 11.7 Å². The molecule has 20 heavy (non-hydrogen) atoms.